The van der Waals surface area contributed by atoms with Crippen molar-refractivity contribution in [2.75, 3.05) is 0 Å². The van der Waals surface area contributed by atoms with Crippen LogP contribution in [0.15, 0.2) is 145 Å². The van der Waals surface area contributed by atoms with Crippen LogP contribution in [0.3, 0.4) is 0 Å². The van der Waals surface area contributed by atoms with Crippen molar-refractivity contribution < 1.29 is 33.2 Å². The fourth-order valence-electron chi connectivity index (χ4n) is 3.78. The highest BCUT2D eigenvalue weighted by Crippen LogP contribution is 2.41. The summed E-state index contributed by atoms with van der Waals surface area (Å²) in [6.45, 7) is 5.43. The molecule has 0 saturated carbocycles. The van der Waals surface area contributed by atoms with Crippen LogP contribution in [0.2, 0.25) is 0 Å². The molecule has 0 spiro atoms. The molecule has 5 rings (SSSR count). The molecular formula is C35H29BrF6S2. The van der Waals surface area contributed by atoms with Crippen LogP contribution in [-0.2, 0) is 12.4 Å². The molecule has 0 aliphatic rings. The van der Waals surface area contributed by atoms with Gasteiger partial charge in [-0.1, -0.05) is 112 Å². The highest BCUT2D eigenvalue weighted by molar-refractivity contribution is 9.10. The van der Waals surface area contributed by atoms with E-state index in [-0.39, 0.29) is 45.6 Å². The topological polar surface area (TPSA) is 0 Å². The lowest BCUT2D eigenvalue weighted by Gasteiger charge is -2.15. The molecule has 44 heavy (non-hydrogen) atoms. The third-order valence-corrected chi connectivity index (χ3v) is 8.31. The zero-order valence-corrected chi connectivity index (χ0v) is 26.8. The molecule has 0 nitrogen and oxygen atoms in total. The molecule has 9 heteroatoms. The Hall–Kier alpha value is -3.14. The average Bonchev–Trinajstić information content (AvgIpc) is 3.04. The van der Waals surface area contributed by atoms with Crippen molar-refractivity contribution in [1.82, 2.24) is 0 Å². The van der Waals surface area contributed by atoms with Crippen LogP contribution in [0.5, 0.6) is 0 Å². The zero-order chi connectivity index (χ0) is 36.7. The number of alkyl halides is 6. The van der Waals surface area contributed by atoms with Gasteiger partial charge in [-0.15, -0.1) is 0 Å². The lowest BCUT2D eigenvalue weighted by molar-refractivity contribution is -0.143. The Morgan fingerprint density at radius 2 is 1.00 bits per heavy atom. The minimum Gasteiger partial charge on any atom is -0.166 e. The van der Waals surface area contributed by atoms with Crippen LogP contribution in [0.1, 0.15) is 34.7 Å². The van der Waals surface area contributed by atoms with Gasteiger partial charge in [0.15, 0.2) is 0 Å². The van der Waals surface area contributed by atoms with Gasteiger partial charge in [-0.05, 0) is 86.4 Å². The van der Waals surface area contributed by atoms with Gasteiger partial charge < -0.3 is 0 Å². The van der Waals surface area contributed by atoms with Crippen molar-refractivity contribution in [2.45, 2.75) is 52.7 Å². The first-order valence-corrected chi connectivity index (χ1v) is 15.3. The van der Waals surface area contributed by atoms with Crippen LogP contribution in [0, 0.1) is 20.8 Å². The van der Waals surface area contributed by atoms with Gasteiger partial charge in [0.2, 0.25) is 0 Å². The Labute approximate surface area is 278 Å². The third kappa shape index (κ3) is 11.7. The lowest BCUT2D eigenvalue weighted by atomic mass is 10.1. The van der Waals surface area contributed by atoms with Gasteiger partial charge >= 0.3 is 12.4 Å². The first kappa shape index (κ1) is 28.3. The largest absolute Gasteiger partial charge is 0.416 e. The molecule has 5 aromatic rings. The fraction of sp³-hybridized carbons (Fsp3) is 0.143. The van der Waals surface area contributed by atoms with Crippen molar-refractivity contribution in [2.24, 2.45) is 0 Å². The van der Waals surface area contributed by atoms with E-state index in [0.29, 0.717) is 4.90 Å². The van der Waals surface area contributed by atoms with Gasteiger partial charge in [0, 0.05) is 24.1 Å². The second kappa shape index (κ2) is 16.3. The van der Waals surface area contributed by atoms with Gasteiger partial charge in [0.1, 0.15) is 0 Å². The quantitative estimate of drug-likeness (QED) is 0.170. The number of hydrogen-bond donors (Lipinski definition) is 0. The summed E-state index contributed by atoms with van der Waals surface area (Å²) in [5.41, 5.74) is -0.00852. The van der Waals surface area contributed by atoms with E-state index in [9.17, 15) is 26.3 Å². The number of hydrogen-bond acceptors (Lipinski definition) is 2. The zero-order valence-electron chi connectivity index (χ0n) is 28.6. The van der Waals surface area contributed by atoms with Crippen molar-refractivity contribution >= 4 is 39.5 Å². The van der Waals surface area contributed by atoms with Gasteiger partial charge in [-0.25, -0.2) is 0 Å². The van der Waals surface area contributed by atoms with E-state index in [1.54, 1.807) is 25.6 Å². The third-order valence-electron chi connectivity index (χ3n) is 5.58. The molecule has 0 aliphatic heterocycles. The maximum atomic E-state index is 12.9. The molecule has 0 fully saturated rings. The number of benzene rings is 5. The Balaban J connectivity index is 0.000000218. The standard InChI is InChI=1S/C17H14F6S.C12H10S.C6H5Br/c1-9-4-10(2)15(11(3)5-9)24-14-7-12(16(18,19)20)6-13(8-14)17(21,22)23;1-3-7-11(8-4-1)13-12-9-5-2-6-10-12;7-6-4-2-1-3-5-6/h4-8H,1-3H3;1-10H;1-5H/i;;1D,2D,3D,4D,5D. The van der Waals surface area contributed by atoms with Gasteiger partial charge in [0.25, 0.3) is 0 Å². The molecule has 5 aromatic carbocycles. The lowest BCUT2D eigenvalue weighted by Crippen LogP contribution is -2.11. The second-order valence-electron chi connectivity index (χ2n) is 9.24. The van der Waals surface area contributed by atoms with Gasteiger partial charge in [-0.3, -0.25) is 0 Å². The molecule has 0 unspecified atom stereocenters. The summed E-state index contributed by atoms with van der Waals surface area (Å²) in [5, 5.41) is 0. The first-order chi connectivity index (χ1) is 22.8. The molecule has 0 saturated heterocycles. The smallest absolute Gasteiger partial charge is 0.166 e. The van der Waals surface area contributed by atoms with Gasteiger partial charge in [-0.2, -0.15) is 26.3 Å². The van der Waals surface area contributed by atoms with E-state index >= 15 is 0 Å². The fourth-order valence-corrected chi connectivity index (χ4v) is 5.88. The van der Waals surface area contributed by atoms with E-state index in [2.05, 4.69) is 64.5 Å². The monoisotopic (exact) mass is 711 g/mol. The summed E-state index contributed by atoms with van der Waals surface area (Å²) >= 11 is 5.61. The minimum atomic E-state index is -4.84. The summed E-state index contributed by atoms with van der Waals surface area (Å²) in [6.07, 6.45) is -9.68. The number of aryl methyl sites for hydroxylation is 3. The average molecular weight is 713 g/mol. The molecule has 0 radical (unpaired) electrons. The van der Waals surface area contributed by atoms with Crippen LogP contribution in [-0.4, -0.2) is 0 Å². The SMILES string of the molecule is Cc1cc(C)c(Sc2cc(C(F)(F)F)cc(C(F)(F)F)c2)c(C)c1.[2H]c1c([2H])c([2H])c(Br)c([2H])c1[2H].c1ccc(Sc2ccccc2)cc1. The van der Waals surface area contributed by atoms with Crippen molar-refractivity contribution in [1.29, 1.82) is 0 Å². The van der Waals surface area contributed by atoms with Crippen molar-refractivity contribution in [3.63, 3.8) is 0 Å². The van der Waals surface area contributed by atoms with Gasteiger partial charge in [0.05, 0.1) is 18.0 Å². The Morgan fingerprint density at radius 1 is 0.568 bits per heavy atom. The van der Waals surface area contributed by atoms with Crippen LogP contribution in [0.4, 0.5) is 26.3 Å². The molecule has 0 N–H and O–H groups in total. The Kier molecular flexibility index (Phi) is 10.5. The summed E-state index contributed by atoms with van der Waals surface area (Å²) in [6, 6.07) is 24.7. The molecular weight excluding hydrogens is 678 g/mol. The molecule has 0 bridgehead atoms. The van der Waals surface area contributed by atoms with E-state index < -0.39 is 23.5 Å². The molecule has 0 aliphatic carbocycles. The van der Waals surface area contributed by atoms with Crippen LogP contribution >= 0.6 is 39.5 Å². The molecule has 230 valence electrons. The van der Waals surface area contributed by atoms with Crippen molar-refractivity contribution in [3.8, 4) is 0 Å². The van der Waals surface area contributed by atoms with E-state index in [1.165, 1.54) is 9.79 Å². The van der Waals surface area contributed by atoms with E-state index in [4.69, 9.17) is 6.85 Å². The second-order valence-corrected chi connectivity index (χ2v) is 12.3. The maximum absolute atomic E-state index is 12.9. The Bertz CT molecular complexity index is 1690. The molecule has 0 atom stereocenters. The normalized spacial score (nSPS) is 12.7. The molecule has 0 amide bonds. The van der Waals surface area contributed by atoms with Crippen LogP contribution in [0.25, 0.3) is 0 Å². The van der Waals surface area contributed by atoms with Crippen molar-refractivity contribution in [3.05, 3.63) is 153 Å². The van der Waals surface area contributed by atoms with E-state index in [1.807, 2.05) is 31.2 Å². The minimum absolute atomic E-state index is 0.0906. The predicted molar refractivity (Wildman–Crippen MR) is 172 cm³/mol. The van der Waals surface area contributed by atoms with E-state index in [0.717, 1.165) is 40.6 Å². The molecule has 0 heterocycles. The highest BCUT2D eigenvalue weighted by Gasteiger charge is 2.37. The summed E-state index contributed by atoms with van der Waals surface area (Å²) in [7, 11) is 0. The highest BCUT2D eigenvalue weighted by atomic mass is 79.9. The maximum Gasteiger partial charge on any atom is 0.416 e. The summed E-state index contributed by atoms with van der Waals surface area (Å²) in [4.78, 5) is 3.14. The predicted octanol–water partition coefficient (Wildman–Crippen LogP) is 13.1. The number of halogens is 7. The first-order valence-electron chi connectivity index (χ1n) is 15.3. The number of rotatable bonds is 4. The summed E-state index contributed by atoms with van der Waals surface area (Å²) < 4.78 is 114. The Morgan fingerprint density at radius 3 is 1.41 bits per heavy atom. The summed E-state index contributed by atoms with van der Waals surface area (Å²) in [5.74, 6) is 0. The van der Waals surface area contributed by atoms with Crippen LogP contribution < -0.4 is 0 Å². The molecule has 0 aromatic heterocycles.